The predicted molar refractivity (Wildman–Crippen MR) is 152 cm³/mol. The molecular weight excluding hydrogens is 522 g/mol. The normalized spacial score (nSPS) is 12.0. The molecule has 2 amide bonds. The van der Waals surface area contributed by atoms with Crippen LogP contribution in [0.1, 0.15) is 37.0 Å². The Balaban J connectivity index is 2.02. The van der Waals surface area contributed by atoms with Crippen molar-refractivity contribution in [1.82, 2.24) is 10.2 Å². The van der Waals surface area contributed by atoms with Crippen molar-refractivity contribution < 1.29 is 18.0 Å². The summed E-state index contributed by atoms with van der Waals surface area (Å²) in [6.45, 7) is 7.60. The predicted octanol–water partition coefficient (Wildman–Crippen LogP) is 5.10. The molecule has 3 aromatic carbocycles. The molecule has 0 radical (unpaired) electrons. The summed E-state index contributed by atoms with van der Waals surface area (Å²) in [5.74, 6) is -0.790. The Kier molecular flexibility index (Phi) is 9.94. The number of nitrogens with zero attached hydrogens (tertiary/aromatic N) is 2. The number of nitrogens with one attached hydrogen (secondary N) is 1. The molecule has 0 saturated heterocycles. The number of aryl methyl sites for hydroxylation is 2. The number of hydrogen-bond donors (Lipinski definition) is 1. The van der Waals surface area contributed by atoms with Crippen LogP contribution >= 0.6 is 11.6 Å². The largest absolute Gasteiger partial charge is 0.354 e. The van der Waals surface area contributed by atoms with Gasteiger partial charge in [-0.15, -0.1) is 0 Å². The molecule has 3 aromatic rings. The molecule has 0 fully saturated rings. The summed E-state index contributed by atoms with van der Waals surface area (Å²) in [7, 11) is -4.13. The summed E-state index contributed by atoms with van der Waals surface area (Å²) in [5.41, 5.74) is 3.14. The zero-order valence-electron chi connectivity index (χ0n) is 22.1. The maximum atomic E-state index is 13.9. The SMILES string of the molecule is CCCNC(=O)[C@H](C)N(Cc1ccccc1C)C(=O)CN(c1ccc(C)cc1)S(=O)(=O)c1ccc(Cl)cc1. The second-order valence-corrected chi connectivity index (χ2v) is 11.5. The first-order valence-corrected chi connectivity index (χ1v) is 14.3. The molecule has 0 aliphatic carbocycles. The van der Waals surface area contributed by atoms with E-state index in [2.05, 4.69) is 5.32 Å². The first-order chi connectivity index (χ1) is 18.0. The molecule has 0 saturated carbocycles. The van der Waals surface area contributed by atoms with Crippen molar-refractivity contribution in [3.8, 4) is 0 Å². The quantitative estimate of drug-likeness (QED) is 0.357. The van der Waals surface area contributed by atoms with Gasteiger partial charge in [-0.05, 0) is 74.7 Å². The van der Waals surface area contributed by atoms with Crippen molar-refractivity contribution >= 4 is 39.1 Å². The van der Waals surface area contributed by atoms with Crippen molar-refractivity contribution in [3.63, 3.8) is 0 Å². The second-order valence-electron chi connectivity index (χ2n) is 9.22. The molecule has 0 heterocycles. The monoisotopic (exact) mass is 555 g/mol. The molecule has 0 aliphatic rings. The molecule has 0 spiro atoms. The van der Waals surface area contributed by atoms with E-state index in [1.54, 1.807) is 31.2 Å². The highest BCUT2D eigenvalue weighted by molar-refractivity contribution is 7.92. The maximum absolute atomic E-state index is 13.9. The molecular formula is C29H34ClN3O4S. The lowest BCUT2D eigenvalue weighted by Crippen LogP contribution is -2.51. The van der Waals surface area contributed by atoms with Gasteiger partial charge in [-0.3, -0.25) is 13.9 Å². The van der Waals surface area contributed by atoms with E-state index in [0.29, 0.717) is 17.3 Å². The summed E-state index contributed by atoms with van der Waals surface area (Å²) >= 11 is 5.98. The minimum Gasteiger partial charge on any atom is -0.354 e. The van der Waals surface area contributed by atoms with E-state index in [1.165, 1.54) is 29.2 Å². The van der Waals surface area contributed by atoms with Gasteiger partial charge >= 0.3 is 0 Å². The number of sulfonamides is 1. The standard InChI is InChI=1S/C29H34ClN3O4S/c1-5-18-31-29(35)23(4)32(19-24-9-7-6-8-22(24)3)28(34)20-33(26-14-10-21(2)11-15-26)38(36,37)27-16-12-25(30)13-17-27/h6-17,23H,5,18-20H2,1-4H3,(H,31,35)/t23-/m0/s1. The van der Waals surface area contributed by atoms with Gasteiger partial charge in [-0.2, -0.15) is 0 Å². The molecule has 38 heavy (non-hydrogen) atoms. The number of carbonyl (C=O) groups is 2. The van der Waals surface area contributed by atoms with Gasteiger partial charge < -0.3 is 10.2 Å². The zero-order chi connectivity index (χ0) is 27.9. The smallest absolute Gasteiger partial charge is 0.264 e. The van der Waals surface area contributed by atoms with Crippen molar-refractivity contribution in [2.45, 2.75) is 51.6 Å². The van der Waals surface area contributed by atoms with Crippen molar-refractivity contribution in [2.75, 3.05) is 17.4 Å². The number of anilines is 1. The van der Waals surface area contributed by atoms with Gasteiger partial charge in [-0.1, -0.05) is 60.5 Å². The molecule has 202 valence electrons. The number of halogens is 1. The van der Waals surface area contributed by atoms with Crippen LogP contribution in [0.4, 0.5) is 5.69 Å². The van der Waals surface area contributed by atoms with Crippen LogP contribution in [0.2, 0.25) is 5.02 Å². The van der Waals surface area contributed by atoms with Crippen LogP contribution < -0.4 is 9.62 Å². The van der Waals surface area contributed by atoms with Crippen molar-refractivity contribution in [3.05, 3.63) is 94.5 Å². The first kappa shape index (κ1) is 29.2. The summed E-state index contributed by atoms with van der Waals surface area (Å²) in [4.78, 5) is 28.2. The van der Waals surface area contributed by atoms with E-state index < -0.39 is 28.5 Å². The molecule has 7 nitrogen and oxygen atoms in total. The van der Waals surface area contributed by atoms with E-state index in [-0.39, 0.29) is 17.3 Å². The minimum absolute atomic E-state index is 0.00876. The van der Waals surface area contributed by atoms with E-state index in [0.717, 1.165) is 27.4 Å². The third-order valence-corrected chi connectivity index (χ3v) is 8.36. The van der Waals surface area contributed by atoms with Gasteiger partial charge in [0, 0.05) is 18.1 Å². The highest BCUT2D eigenvalue weighted by atomic mass is 35.5. The molecule has 0 aromatic heterocycles. The highest BCUT2D eigenvalue weighted by Crippen LogP contribution is 2.26. The van der Waals surface area contributed by atoms with Crippen LogP contribution in [0.5, 0.6) is 0 Å². The van der Waals surface area contributed by atoms with Gasteiger partial charge in [0.15, 0.2) is 0 Å². The minimum atomic E-state index is -4.13. The third-order valence-electron chi connectivity index (χ3n) is 6.32. The molecule has 3 rings (SSSR count). The Bertz CT molecular complexity index is 1360. The Morgan fingerprint density at radius 1 is 0.947 bits per heavy atom. The summed E-state index contributed by atoms with van der Waals surface area (Å²) < 4.78 is 28.6. The maximum Gasteiger partial charge on any atom is 0.264 e. The first-order valence-electron chi connectivity index (χ1n) is 12.5. The van der Waals surface area contributed by atoms with Crippen LogP contribution in [-0.4, -0.2) is 44.3 Å². The number of rotatable bonds is 11. The Morgan fingerprint density at radius 2 is 1.58 bits per heavy atom. The Morgan fingerprint density at radius 3 is 2.18 bits per heavy atom. The fourth-order valence-electron chi connectivity index (χ4n) is 3.92. The van der Waals surface area contributed by atoms with Gasteiger partial charge in [0.2, 0.25) is 11.8 Å². The zero-order valence-corrected chi connectivity index (χ0v) is 23.7. The average molecular weight is 556 g/mol. The van der Waals surface area contributed by atoms with E-state index in [4.69, 9.17) is 11.6 Å². The molecule has 0 aliphatic heterocycles. The van der Waals surface area contributed by atoms with Crippen LogP contribution in [0.25, 0.3) is 0 Å². The Hall–Kier alpha value is -3.36. The summed E-state index contributed by atoms with van der Waals surface area (Å²) in [6, 6.07) is 19.5. The number of benzene rings is 3. The van der Waals surface area contributed by atoms with Crippen LogP contribution in [0.15, 0.2) is 77.7 Å². The fourth-order valence-corrected chi connectivity index (χ4v) is 5.46. The third kappa shape index (κ3) is 7.14. The van der Waals surface area contributed by atoms with E-state index >= 15 is 0 Å². The molecule has 1 N–H and O–H groups in total. The highest BCUT2D eigenvalue weighted by Gasteiger charge is 2.32. The van der Waals surface area contributed by atoms with Gasteiger partial charge in [0.1, 0.15) is 12.6 Å². The van der Waals surface area contributed by atoms with Crippen molar-refractivity contribution in [1.29, 1.82) is 0 Å². The molecule has 9 heteroatoms. The summed E-state index contributed by atoms with van der Waals surface area (Å²) in [6.07, 6.45) is 0.755. The fraction of sp³-hybridized carbons (Fsp3) is 0.310. The van der Waals surface area contributed by atoms with Crippen molar-refractivity contribution in [2.24, 2.45) is 0 Å². The number of carbonyl (C=O) groups excluding carboxylic acids is 2. The second kappa shape index (κ2) is 12.9. The van der Waals surface area contributed by atoms with Crippen LogP contribution in [0.3, 0.4) is 0 Å². The topological polar surface area (TPSA) is 86.8 Å². The number of amides is 2. The average Bonchev–Trinajstić information content (AvgIpc) is 2.90. The molecule has 1 atom stereocenters. The van der Waals surface area contributed by atoms with Gasteiger partial charge in [0.25, 0.3) is 10.0 Å². The lowest BCUT2D eigenvalue weighted by molar-refractivity contribution is -0.139. The van der Waals surface area contributed by atoms with E-state index in [1.807, 2.05) is 45.0 Å². The lowest BCUT2D eigenvalue weighted by atomic mass is 10.1. The number of hydrogen-bond acceptors (Lipinski definition) is 4. The van der Waals surface area contributed by atoms with E-state index in [9.17, 15) is 18.0 Å². The van der Waals surface area contributed by atoms with Gasteiger partial charge in [-0.25, -0.2) is 8.42 Å². The Labute approximate surface area is 230 Å². The van der Waals surface area contributed by atoms with Gasteiger partial charge in [0.05, 0.1) is 10.6 Å². The summed E-state index contributed by atoms with van der Waals surface area (Å²) in [5, 5.41) is 3.24. The lowest BCUT2D eigenvalue weighted by Gasteiger charge is -2.32. The van der Waals surface area contributed by atoms with Crippen LogP contribution in [0, 0.1) is 13.8 Å². The molecule has 0 bridgehead atoms. The molecule has 0 unspecified atom stereocenters. The van der Waals surface area contributed by atoms with Crippen LogP contribution in [-0.2, 0) is 26.2 Å².